The largest absolute Gasteiger partial charge is 0.383 e. The number of nitrogens with zero attached hydrogens (tertiary/aromatic N) is 3. The third-order valence-electron chi connectivity index (χ3n) is 6.10. The molecule has 162 valence electrons. The number of piperazine rings is 1. The number of nitrogens with one attached hydrogen (secondary N) is 1. The van der Waals surface area contributed by atoms with Gasteiger partial charge in [-0.15, -0.1) is 0 Å². The topological polar surface area (TPSA) is 74.8 Å². The molecule has 0 radical (unpaired) electrons. The first-order valence-corrected chi connectivity index (χ1v) is 12.3. The molecule has 0 bridgehead atoms. The SMILES string of the molecule is COCCN1CCN(CC2Nc3ncccc3C2c2ccc(S(C)(=O)=O)cc2)CC1. The molecular weight excluding hydrogens is 400 g/mol. The monoisotopic (exact) mass is 430 g/mol. The van der Waals surface area contributed by atoms with E-state index >= 15 is 0 Å². The van der Waals surface area contributed by atoms with Gasteiger partial charge in [0.05, 0.1) is 17.5 Å². The number of aromatic nitrogens is 1. The van der Waals surface area contributed by atoms with E-state index in [-0.39, 0.29) is 12.0 Å². The Morgan fingerprint density at radius 2 is 1.80 bits per heavy atom. The predicted molar refractivity (Wildman–Crippen MR) is 118 cm³/mol. The van der Waals surface area contributed by atoms with E-state index in [1.54, 1.807) is 19.2 Å². The highest BCUT2D eigenvalue weighted by atomic mass is 32.2. The number of sulfone groups is 1. The molecule has 2 aliphatic heterocycles. The van der Waals surface area contributed by atoms with Gasteiger partial charge in [0.1, 0.15) is 5.82 Å². The summed E-state index contributed by atoms with van der Waals surface area (Å²) in [7, 11) is -1.46. The van der Waals surface area contributed by atoms with Crippen LogP contribution in [0.2, 0.25) is 0 Å². The van der Waals surface area contributed by atoms with Crippen molar-refractivity contribution < 1.29 is 13.2 Å². The first-order chi connectivity index (χ1) is 14.5. The minimum Gasteiger partial charge on any atom is -0.383 e. The van der Waals surface area contributed by atoms with E-state index in [4.69, 9.17) is 4.74 Å². The van der Waals surface area contributed by atoms with E-state index in [1.165, 1.54) is 11.8 Å². The zero-order valence-corrected chi connectivity index (χ0v) is 18.4. The van der Waals surface area contributed by atoms with Gasteiger partial charge in [0.15, 0.2) is 9.84 Å². The smallest absolute Gasteiger partial charge is 0.175 e. The number of anilines is 1. The molecule has 1 saturated heterocycles. The lowest BCUT2D eigenvalue weighted by Crippen LogP contribution is -2.50. The number of hydrogen-bond acceptors (Lipinski definition) is 7. The van der Waals surface area contributed by atoms with Gasteiger partial charge < -0.3 is 10.1 Å². The summed E-state index contributed by atoms with van der Waals surface area (Å²) in [6, 6.07) is 11.6. The second kappa shape index (κ2) is 9.01. The van der Waals surface area contributed by atoms with E-state index in [2.05, 4.69) is 26.2 Å². The average molecular weight is 431 g/mol. The van der Waals surface area contributed by atoms with Crippen LogP contribution in [0.3, 0.4) is 0 Å². The summed E-state index contributed by atoms with van der Waals surface area (Å²) in [5, 5.41) is 3.62. The molecule has 2 aromatic rings. The second-order valence-corrected chi connectivity index (χ2v) is 10.2. The molecule has 2 aliphatic rings. The van der Waals surface area contributed by atoms with E-state index in [9.17, 15) is 8.42 Å². The Hall–Kier alpha value is -2.00. The molecule has 4 rings (SSSR count). The Morgan fingerprint density at radius 3 is 2.47 bits per heavy atom. The number of ether oxygens (including phenoxy) is 1. The van der Waals surface area contributed by atoms with Crippen LogP contribution in [0.25, 0.3) is 0 Å². The van der Waals surface area contributed by atoms with Crippen LogP contribution in [0.4, 0.5) is 5.82 Å². The van der Waals surface area contributed by atoms with Crippen molar-refractivity contribution in [3.05, 3.63) is 53.7 Å². The van der Waals surface area contributed by atoms with E-state index in [0.717, 1.165) is 57.3 Å². The maximum absolute atomic E-state index is 11.8. The number of pyridine rings is 1. The maximum Gasteiger partial charge on any atom is 0.175 e. The Morgan fingerprint density at radius 1 is 1.10 bits per heavy atom. The second-order valence-electron chi connectivity index (χ2n) is 8.15. The van der Waals surface area contributed by atoms with Gasteiger partial charge in [-0.05, 0) is 23.8 Å². The van der Waals surface area contributed by atoms with Gasteiger partial charge in [-0.2, -0.15) is 0 Å². The molecule has 1 aromatic heterocycles. The summed E-state index contributed by atoms with van der Waals surface area (Å²) in [5.74, 6) is 1.08. The van der Waals surface area contributed by atoms with Gasteiger partial charge in [0.2, 0.25) is 0 Å². The summed E-state index contributed by atoms with van der Waals surface area (Å²) in [5.41, 5.74) is 2.29. The van der Waals surface area contributed by atoms with Crippen LogP contribution in [0, 0.1) is 0 Å². The molecule has 2 unspecified atom stereocenters. The molecule has 7 nitrogen and oxygen atoms in total. The van der Waals surface area contributed by atoms with Crippen LogP contribution >= 0.6 is 0 Å². The van der Waals surface area contributed by atoms with Gasteiger partial charge in [-0.1, -0.05) is 18.2 Å². The summed E-state index contributed by atoms with van der Waals surface area (Å²) < 4.78 is 28.9. The summed E-state index contributed by atoms with van der Waals surface area (Å²) in [6.07, 6.45) is 3.06. The summed E-state index contributed by atoms with van der Waals surface area (Å²) in [6.45, 7) is 6.85. The zero-order valence-electron chi connectivity index (χ0n) is 17.6. The van der Waals surface area contributed by atoms with Crippen molar-refractivity contribution in [2.24, 2.45) is 0 Å². The van der Waals surface area contributed by atoms with Gasteiger partial charge in [-0.25, -0.2) is 13.4 Å². The highest BCUT2D eigenvalue weighted by Gasteiger charge is 2.35. The molecule has 0 saturated carbocycles. The van der Waals surface area contributed by atoms with Crippen LogP contribution in [-0.4, -0.2) is 88.5 Å². The molecule has 0 spiro atoms. The minimum absolute atomic E-state index is 0.147. The molecule has 2 atom stereocenters. The molecule has 3 heterocycles. The number of hydrogen-bond donors (Lipinski definition) is 1. The first kappa shape index (κ1) is 21.2. The van der Waals surface area contributed by atoms with Crippen LogP contribution in [-0.2, 0) is 14.6 Å². The number of rotatable bonds is 7. The van der Waals surface area contributed by atoms with E-state index in [0.29, 0.717) is 4.90 Å². The van der Waals surface area contributed by atoms with Crippen LogP contribution in [0.5, 0.6) is 0 Å². The average Bonchev–Trinajstić information content (AvgIpc) is 3.10. The molecule has 0 amide bonds. The lowest BCUT2D eigenvalue weighted by atomic mass is 9.88. The number of methoxy groups -OCH3 is 1. The fourth-order valence-electron chi connectivity index (χ4n) is 4.44. The van der Waals surface area contributed by atoms with Gasteiger partial charge in [0.25, 0.3) is 0 Å². The van der Waals surface area contributed by atoms with Crippen molar-refractivity contribution in [3.63, 3.8) is 0 Å². The quantitative estimate of drug-likeness (QED) is 0.716. The van der Waals surface area contributed by atoms with E-state index < -0.39 is 9.84 Å². The Balaban J connectivity index is 1.50. The zero-order chi connectivity index (χ0) is 21.1. The molecule has 8 heteroatoms. The lowest BCUT2D eigenvalue weighted by molar-refractivity contribution is 0.0947. The molecule has 1 N–H and O–H groups in total. The molecule has 1 aromatic carbocycles. The highest BCUT2D eigenvalue weighted by molar-refractivity contribution is 7.90. The third kappa shape index (κ3) is 4.67. The Kier molecular flexibility index (Phi) is 6.38. The van der Waals surface area contributed by atoms with Crippen LogP contribution < -0.4 is 5.32 Å². The summed E-state index contributed by atoms with van der Waals surface area (Å²) >= 11 is 0. The number of fused-ring (bicyclic) bond motifs is 1. The van der Waals surface area contributed by atoms with Crippen molar-refractivity contribution >= 4 is 15.7 Å². The standard InChI is InChI=1S/C22H30N4O3S/c1-29-15-14-25-10-12-26(13-11-25)16-20-21(19-4-3-9-23-22(19)24-20)17-5-7-18(8-6-17)30(2,27)28/h3-9,20-21H,10-16H2,1-2H3,(H,23,24). The normalized spacial score (nSPS) is 22.6. The molecular formula is C22H30N4O3S. The third-order valence-corrected chi connectivity index (χ3v) is 7.23. The Bertz CT molecular complexity index is 957. The van der Waals surface area contributed by atoms with Gasteiger partial charge in [-0.3, -0.25) is 9.80 Å². The van der Waals surface area contributed by atoms with Crippen molar-refractivity contribution in [3.8, 4) is 0 Å². The highest BCUT2D eigenvalue weighted by Crippen LogP contribution is 2.39. The first-order valence-electron chi connectivity index (χ1n) is 10.4. The summed E-state index contributed by atoms with van der Waals surface area (Å²) in [4.78, 5) is 9.84. The van der Waals surface area contributed by atoms with Crippen LogP contribution in [0.15, 0.2) is 47.5 Å². The fourth-order valence-corrected chi connectivity index (χ4v) is 5.07. The Labute approximate surface area is 179 Å². The molecule has 1 fully saturated rings. The lowest BCUT2D eigenvalue weighted by Gasteiger charge is -2.36. The van der Waals surface area contributed by atoms with Crippen molar-refractivity contribution in [2.75, 3.05) is 64.6 Å². The minimum atomic E-state index is -3.20. The van der Waals surface area contributed by atoms with Crippen molar-refractivity contribution in [2.45, 2.75) is 16.9 Å². The van der Waals surface area contributed by atoms with Gasteiger partial charge in [0, 0.05) is 70.3 Å². The van der Waals surface area contributed by atoms with Crippen molar-refractivity contribution in [1.29, 1.82) is 0 Å². The maximum atomic E-state index is 11.8. The fraction of sp³-hybridized carbons (Fsp3) is 0.500. The van der Waals surface area contributed by atoms with Gasteiger partial charge >= 0.3 is 0 Å². The van der Waals surface area contributed by atoms with Crippen LogP contribution in [0.1, 0.15) is 17.0 Å². The van der Waals surface area contributed by atoms with E-state index in [1.807, 2.05) is 24.4 Å². The molecule has 0 aliphatic carbocycles. The molecule has 30 heavy (non-hydrogen) atoms. The predicted octanol–water partition coefficient (Wildman–Crippen LogP) is 1.68. The number of benzene rings is 1. The van der Waals surface area contributed by atoms with Crippen molar-refractivity contribution in [1.82, 2.24) is 14.8 Å².